The molecule has 0 spiro atoms. The molecule has 2 rings (SSSR count). The Hall–Kier alpha value is -1.62. The van der Waals surface area contributed by atoms with E-state index in [2.05, 4.69) is 28.8 Å². The Morgan fingerprint density at radius 3 is 2.53 bits per heavy atom. The number of imidazole rings is 1. The quantitative estimate of drug-likeness (QED) is 0.846. The zero-order chi connectivity index (χ0) is 12.6. The second-order valence-electron chi connectivity index (χ2n) is 4.83. The average Bonchev–Trinajstić information content (AvgIpc) is 2.69. The summed E-state index contributed by atoms with van der Waals surface area (Å²) < 4.78 is 0. The minimum absolute atomic E-state index is 0.0768. The van der Waals surface area contributed by atoms with E-state index in [0.29, 0.717) is 5.92 Å². The number of nitrogens with zero attached hydrogens (tertiary/aromatic N) is 3. The third kappa shape index (κ3) is 2.24. The lowest BCUT2D eigenvalue weighted by Gasteiger charge is -2.11. The first-order chi connectivity index (χ1) is 7.99. The summed E-state index contributed by atoms with van der Waals surface area (Å²) in [6, 6.07) is 3.87. The third-order valence-electron chi connectivity index (χ3n) is 2.84. The molecule has 0 fully saturated rings. The van der Waals surface area contributed by atoms with Crippen LogP contribution in [0.2, 0.25) is 0 Å². The Bertz CT molecular complexity index is 515. The van der Waals surface area contributed by atoms with E-state index in [1.165, 1.54) is 0 Å². The number of pyridine rings is 1. The molecule has 5 nitrogen and oxygen atoms in total. The maximum Gasteiger partial charge on any atom is 0.179 e. The molecular formula is C12H19N5. The molecule has 2 aromatic rings. The summed E-state index contributed by atoms with van der Waals surface area (Å²) in [6.07, 6.45) is 0. The maximum atomic E-state index is 6.07. The molecule has 17 heavy (non-hydrogen) atoms. The van der Waals surface area contributed by atoms with E-state index in [1.54, 1.807) is 0 Å². The van der Waals surface area contributed by atoms with Crippen molar-refractivity contribution in [3.63, 3.8) is 0 Å². The molecule has 5 heteroatoms. The number of hydrogen-bond donors (Lipinski definition) is 2. The molecule has 0 saturated heterocycles. The SMILES string of the molecule is CC(C)C(N)c1nc2nc(N(C)C)ccc2[nH]1. The number of nitrogens with two attached hydrogens (primary N) is 1. The Labute approximate surface area is 101 Å². The van der Waals surface area contributed by atoms with Crippen molar-refractivity contribution in [1.82, 2.24) is 15.0 Å². The number of fused-ring (bicyclic) bond motifs is 1. The summed E-state index contributed by atoms with van der Waals surface area (Å²) in [7, 11) is 3.92. The van der Waals surface area contributed by atoms with E-state index in [-0.39, 0.29) is 6.04 Å². The smallest absolute Gasteiger partial charge is 0.179 e. The van der Waals surface area contributed by atoms with Crippen LogP contribution in [0.5, 0.6) is 0 Å². The normalized spacial score (nSPS) is 13.3. The molecule has 92 valence electrons. The van der Waals surface area contributed by atoms with Crippen LogP contribution in [0.1, 0.15) is 25.7 Å². The van der Waals surface area contributed by atoms with Crippen LogP contribution in [0.4, 0.5) is 5.82 Å². The highest BCUT2D eigenvalue weighted by Crippen LogP contribution is 2.20. The number of aromatic amines is 1. The van der Waals surface area contributed by atoms with Gasteiger partial charge in [-0.3, -0.25) is 0 Å². The average molecular weight is 233 g/mol. The van der Waals surface area contributed by atoms with E-state index in [9.17, 15) is 0 Å². The lowest BCUT2D eigenvalue weighted by molar-refractivity contribution is 0.495. The molecule has 0 bridgehead atoms. The zero-order valence-electron chi connectivity index (χ0n) is 10.7. The Balaban J connectivity index is 2.43. The molecule has 1 atom stereocenters. The molecule has 2 aromatic heterocycles. The second-order valence-corrected chi connectivity index (χ2v) is 4.83. The van der Waals surface area contributed by atoms with Crippen LogP contribution in [0.3, 0.4) is 0 Å². The van der Waals surface area contributed by atoms with Crippen molar-refractivity contribution < 1.29 is 0 Å². The van der Waals surface area contributed by atoms with Gasteiger partial charge >= 0.3 is 0 Å². The van der Waals surface area contributed by atoms with Crippen molar-refractivity contribution in [2.45, 2.75) is 19.9 Å². The topological polar surface area (TPSA) is 70.8 Å². The standard InChI is InChI=1S/C12H19N5/c1-7(2)10(13)12-14-8-5-6-9(17(3)4)15-11(8)16-12/h5-7,10H,13H2,1-4H3,(H,14,15,16). The van der Waals surface area contributed by atoms with Crippen LogP contribution in [0.15, 0.2) is 12.1 Å². The van der Waals surface area contributed by atoms with Gasteiger partial charge in [0.1, 0.15) is 11.6 Å². The maximum absolute atomic E-state index is 6.07. The predicted molar refractivity (Wildman–Crippen MR) is 70.0 cm³/mol. The van der Waals surface area contributed by atoms with Crippen LogP contribution in [-0.2, 0) is 0 Å². The van der Waals surface area contributed by atoms with Crippen LogP contribution in [0, 0.1) is 5.92 Å². The van der Waals surface area contributed by atoms with Gasteiger partial charge in [-0.25, -0.2) is 9.97 Å². The first kappa shape index (κ1) is 11.9. The number of nitrogens with one attached hydrogen (secondary N) is 1. The summed E-state index contributed by atoms with van der Waals surface area (Å²) in [6.45, 7) is 4.16. The van der Waals surface area contributed by atoms with Gasteiger partial charge in [0, 0.05) is 14.1 Å². The van der Waals surface area contributed by atoms with Crippen LogP contribution in [-0.4, -0.2) is 29.0 Å². The highest BCUT2D eigenvalue weighted by atomic mass is 15.2. The van der Waals surface area contributed by atoms with Gasteiger partial charge in [-0.05, 0) is 18.1 Å². The molecule has 0 aromatic carbocycles. The number of aromatic nitrogens is 3. The monoisotopic (exact) mass is 233 g/mol. The second kappa shape index (κ2) is 4.33. The van der Waals surface area contributed by atoms with E-state index in [4.69, 9.17) is 5.73 Å². The predicted octanol–water partition coefficient (Wildman–Crippen LogP) is 1.68. The van der Waals surface area contributed by atoms with Crippen LogP contribution >= 0.6 is 0 Å². The minimum Gasteiger partial charge on any atom is -0.363 e. The number of H-pyrrole nitrogens is 1. The summed E-state index contributed by atoms with van der Waals surface area (Å²) in [4.78, 5) is 14.1. The summed E-state index contributed by atoms with van der Waals surface area (Å²) in [5, 5.41) is 0. The van der Waals surface area contributed by atoms with E-state index in [0.717, 1.165) is 22.8 Å². The van der Waals surface area contributed by atoms with Crippen molar-refractivity contribution >= 4 is 17.0 Å². The fourth-order valence-corrected chi connectivity index (χ4v) is 1.62. The Kier molecular flexibility index (Phi) is 3.02. The van der Waals surface area contributed by atoms with Gasteiger partial charge in [-0.1, -0.05) is 13.8 Å². The van der Waals surface area contributed by atoms with Gasteiger partial charge in [0.05, 0.1) is 11.6 Å². The van der Waals surface area contributed by atoms with Crippen molar-refractivity contribution in [1.29, 1.82) is 0 Å². The van der Waals surface area contributed by atoms with Gasteiger partial charge in [0.15, 0.2) is 5.65 Å². The number of rotatable bonds is 3. The van der Waals surface area contributed by atoms with Gasteiger partial charge in [0.2, 0.25) is 0 Å². The molecule has 0 aliphatic heterocycles. The van der Waals surface area contributed by atoms with Crippen molar-refractivity contribution in [2.24, 2.45) is 11.7 Å². The first-order valence-corrected chi connectivity index (χ1v) is 5.78. The van der Waals surface area contributed by atoms with Gasteiger partial charge in [-0.2, -0.15) is 0 Å². The highest BCUT2D eigenvalue weighted by molar-refractivity contribution is 5.73. The van der Waals surface area contributed by atoms with E-state index < -0.39 is 0 Å². The number of anilines is 1. The molecule has 2 heterocycles. The first-order valence-electron chi connectivity index (χ1n) is 5.78. The minimum atomic E-state index is -0.0768. The fraction of sp³-hybridized carbons (Fsp3) is 0.500. The fourth-order valence-electron chi connectivity index (χ4n) is 1.62. The molecule has 1 unspecified atom stereocenters. The molecule has 0 saturated carbocycles. The van der Waals surface area contributed by atoms with Crippen molar-refractivity contribution in [3.8, 4) is 0 Å². The lowest BCUT2D eigenvalue weighted by atomic mass is 10.1. The Morgan fingerprint density at radius 1 is 1.24 bits per heavy atom. The Morgan fingerprint density at radius 2 is 1.94 bits per heavy atom. The number of hydrogen-bond acceptors (Lipinski definition) is 4. The van der Waals surface area contributed by atoms with Gasteiger partial charge in [0.25, 0.3) is 0 Å². The third-order valence-corrected chi connectivity index (χ3v) is 2.84. The molecule has 0 radical (unpaired) electrons. The summed E-state index contributed by atoms with van der Waals surface area (Å²) >= 11 is 0. The molecule has 0 amide bonds. The van der Waals surface area contributed by atoms with Crippen molar-refractivity contribution in [2.75, 3.05) is 19.0 Å². The van der Waals surface area contributed by atoms with Crippen molar-refractivity contribution in [3.05, 3.63) is 18.0 Å². The van der Waals surface area contributed by atoms with E-state index >= 15 is 0 Å². The summed E-state index contributed by atoms with van der Waals surface area (Å²) in [5.74, 6) is 2.05. The molecule has 0 aliphatic rings. The molecule has 3 N–H and O–H groups in total. The highest BCUT2D eigenvalue weighted by Gasteiger charge is 2.15. The van der Waals surface area contributed by atoms with Crippen LogP contribution < -0.4 is 10.6 Å². The van der Waals surface area contributed by atoms with Gasteiger partial charge < -0.3 is 15.6 Å². The van der Waals surface area contributed by atoms with Crippen LogP contribution in [0.25, 0.3) is 11.2 Å². The summed E-state index contributed by atoms with van der Waals surface area (Å²) in [5.41, 5.74) is 7.72. The largest absolute Gasteiger partial charge is 0.363 e. The zero-order valence-corrected chi connectivity index (χ0v) is 10.7. The molecular weight excluding hydrogens is 214 g/mol. The van der Waals surface area contributed by atoms with Gasteiger partial charge in [-0.15, -0.1) is 0 Å². The molecule has 0 aliphatic carbocycles. The van der Waals surface area contributed by atoms with E-state index in [1.807, 2.05) is 31.1 Å². The lowest BCUT2D eigenvalue weighted by Crippen LogP contribution is -2.18.